The Balaban J connectivity index is 0. The average Bonchev–Trinajstić information content (AvgIpc) is 1.68. The Kier molecular flexibility index (Phi) is 9.97. The van der Waals surface area contributed by atoms with Crippen molar-refractivity contribution in [2.45, 2.75) is 19.4 Å². The summed E-state index contributed by atoms with van der Waals surface area (Å²) >= 11 is 0. The van der Waals surface area contributed by atoms with E-state index in [4.69, 9.17) is 10.5 Å². The van der Waals surface area contributed by atoms with Gasteiger partial charge in [0.2, 0.25) is 0 Å². The number of methoxy groups -OCH3 is 1. The molecule has 52 valence electrons. The predicted octanol–water partition coefficient (Wildman–Crippen LogP) is 0.792. The first-order chi connectivity index (χ1) is 3.31. The van der Waals surface area contributed by atoms with Crippen molar-refractivity contribution >= 4 is 12.4 Å². The van der Waals surface area contributed by atoms with Gasteiger partial charge in [-0.15, -0.1) is 12.4 Å². The molecule has 0 aromatic heterocycles. The van der Waals surface area contributed by atoms with Crippen LogP contribution in [0.25, 0.3) is 0 Å². The minimum atomic E-state index is 0. The molecule has 1 atom stereocenters. The van der Waals surface area contributed by atoms with Gasteiger partial charge in [-0.1, -0.05) is 0 Å². The summed E-state index contributed by atoms with van der Waals surface area (Å²) in [7, 11) is 1.69. The number of halogens is 1. The van der Waals surface area contributed by atoms with Gasteiger partial charge in [0.25, 0.3) is 0 Å². The highest BCUT2D eigenvalue weighted by Crippen LogP contribution is 1.89. The van der Waals surface area contributed by atoms with Crippen molar-refractivity contribution in [1.29, 1.82) is 0 Å². The van der Waals surface area contributed by atoms with E-state index in [0.717, 1.165) is 13.0 Å². The van der Waals surface area contributed by atoms with Gasteiger partial charge >= 0.3 is 0 Å². The normalized spacial score (nSPS) is 12.4. The standard InChI is InChI=1S/C5H13NO.ClH/c1-5(7-2)3-4-6;/h5H,3-4,6H2,1-2H3;1H/t5-;/m0./s1. The van der Waals surface area contributed by atoms with Crippen molar-refractivity contribution < 1.29 is 4.74 Å². The van der Waals surface area contributed by atoms with Crippen LogP contribution in [0.1, 0.15) is 13.3 Å². The number of hydrogen-bond donors (Lipinski definition) is 1. The number of nitrogens with two attached hydrogens (primary N) is 1. The third-order valence-corrected chi connectivity index (χ3v) is 0.976. The molecule has 0 amide bonds. The molecule has 0 saturated carbocycles. The lowest BCUT2D eigenvalue weighted by molar-refractivity contribution is 0.113. The zero-order valence-electron chi connectivity index (χ0n) is 5.39. The highest BCUT2D eigenvalue weighted by atomic mass is 35.5. The third kappa shape index (κ3) is 6.21. The van der Waals surface area contributed by atoms with Crippen LogP contribution in [-0.2, 0) is 4.74 Å². The first-order valence-corrected chi connectivity index (χ1v) is 2.54. The van der Waals surface area contributed by atoms with Crippen molar-refractivity contribution in [3.63, 3.8) is 0 Å². The second kappa shape index (κ2) is 7.21. The highest BCUT2D eigenvalue weighted by Gasteiger charge is 1.92. The summed E-state index contributed by atoms with van der Waals surface area (Å²) in [6.07, 6.45) is 1.28. The molecule has 0 aromatic carbocycles. The maximum Gasteiger partial charge on any atom is 0.0555 e. The van der Waals surface area contributed by atoms with Crippen LogP contribution in [0, 0.1) is 0 Å². The fraction of sp³-hybridized carbons (Fsp3) is 1.00. The minimum Gasteiger partial charge on any atom is -0.382 e. The first-order valence-electron chi connectivity index (χ1n) is 2.54. The van der Waals surface area contributed by atoms with Crippen molar-refractivity contribution in [2.24, 2.45) is 5.73 Å². The van der Waals surface area contributed by atoms with E-state index in [1.165, 1.54) is 0 Å². The molecule has 0 heterocycles. The maximum atomic E-state index is 5.22. The maximum absolute atomic E-state index is 5.22. The first kappa shape index (κ1) is 11.1. The minimum absolute atomic E-state index is 0. The molecule has 0 saturated heterocycles. The highest BCUT2D eigenvalue weighted by molar-refractivity contribution is 5.85. The fourth-order valence-electron chi connectivity index (χ4n) is 0.353. The van der Waals surface area contributed by atoms with Gasteiger partial charge in [0.1, 0.15) is 0 Å². The molecule has 2 nitrogen and oxygen atoms in total. The molecule has 2 N–H and O–H groups in total. The number of ether oxygens (including phenoxy) is 1. The molecule has 0 rings (SSSR count). The van der Waals surface area contributed by atoms with Gasteiger partial charge in [0.15, 0.2) is 0 Å². The van der Waals surface area contributed by atoms with Gasteiger partial charge in [-0.25, -0.2) is 0 Å². The molecular weight excluding hydrogens is 126 g/mol. The van der Waals surface area contributed by atoms with E-state index >= 15 is 0 Å². The van der Waals surface area contributed by atoms with Crippen LogP contribution in [0.5, 0.6) is 0 Å². The Bertz CT molecular complexity index is 43.4. The molecule has 0 radical (unpaired) electrons. The summed E-state index contributed by atoms with van der Waals surface area (Å²) in [4.78, 5) is 0. The van der Waals surface area contributed by atoms with E-state index in [9.17, 15) is 0 Å². The van der Waals surface area contributed by atoms with Crippen LogP contribution >= 0.6 is 12.4 Å². The van der Waals surface area contributed by atoms with E-state index < -0.39 is 0 Å². The van der Waals surface area contributed by atoms with Crippen LogP contribution in [0.15, 0.2) is 0 Å². The summed E-state index contributed by atoms with van der Waals surface area (Å²) in [5, 5.41) is 0. The van der Waals surface area contributed by atoms with Crippen LogP contribution in [0.3, 0.4) is 0 Å². The Morgan fingerprint density at radius 2 is 2.12 bits per heavy atom. The van der Waals surface area contributed by atoms with Gasteiger partial charge in [0.05, 0.1) is 6.10 Å². The van der Waals surface area contributed by atoms with Crippen molar-refractivity contribution in [3.8, 4) is 0 Å². The SMILES string of the molecule is CO[C@@H](C)CCN.Cl. The van der Waals surface area contributed by atoms with E-state index in [1.54, 1.807) is 7.11 Å². The Hall–Kier alpha value is 0.210. The summed E-state index contributed by atoms with van der Waals surface area (Å²) in [5.41, 5.74) is 5.22. The van der Waals surface area contributed by atoms with Crippen molar-refractivity contribution in [3.05, 3.63) is 0 Å². The van der Waals surface area contributed by atoms with Gasteiger partial charge in [-0.05, 0) is 19.9 Å². The molecular formula is C5H14ClNO. The molecule has 0 aliphatic carbocycles. The van der Waals surface area contributed by atoms with E-state index in [0.29, 0.717) is 6.10 Å². The summed E-state index contributed by atoms with van der Waals surface area (Å²) < 4.78 is 4.91. The van der Waals surface area contributed by atoms with Crippen LogP contribution < -0.4 is 5.73 Å². The summed E-state index contributed by atoms with van der Waals surface area (Å²) in [5.74, 6) is 0. The topological polar surface area (TPSA) is 35.2 Å². The Morgan fingerprint density at radius 3 is 2.25 bits per heavy atom. The molecule has 0 spiro atoms. The van der Waals surface area contributed by atoms with E-state index in [-0.39, 0.29) is 12.4 Å². The summed E-state index contributed by atoms with van der Waals surface area (Å²) in [6.45, 7) is 2.72. The molecule has 0 fully saturated rings. The Labute approximate surface area is 56.8 Å². The van der Waals surface area contributed by atoms with Crippen LogP contribution in [0.4, 0.5) is 0 Å². The van der Waals surface area contributed by atoms with Crippen molar-refractivity contribution in [2.75, 3.05) is 13.7 Å². The van der Waals surface area contributed by atoms with Crippen LogP contribution in [-0.4, -0.2) is 19.8 Å². The molecule has 3 heteroatoms. The molecule has 8 heavy (non-hydrogen) atoms. The number of rotatable bonds is 3. The third-order valence-electron chi connectivity index (χ3n) is 0.976. The monoisotopic (exact) mass is 139 g/mol. The van der Waals surface area contributed by atoms with E-state index in [2.05, 4.69) is 0 Å². The van der Waals surface area contributed by atoms with Gasteiger partial charge in [-0.3, -0.25) is 0 Å². The second-order valence-electron chi connectivity index (χ2n) is 1.62. The van der Waals surface area contributed by atoms with Crippen LogP contribution in [0.2, 0.25) is 0 Å². The lowest BCUT2D eigenvalue weighted by Crippen LogP contribution is -2.11. The van der Waals surface area contributed by atoms with E-state index in [1.807, 2.05) is 6.92 Å². The quantitative estimate of drug-likeness (QED) is 0.628. The smallest absolute Gasteiger partial charge is 0.0555 e. The fourth-order valence-corrected chi connectivity index (χ4v) is 0.353. The lowest BCUT2D eigenvalue weighted by Gasteiger charge is -2.04. The molecule has 0 aliphatic rings. The second-order valence-corrected chi connectivity index (χ2v) is 1.62. The Morgan fingerprint density at radius 1 is 1.62 bits per heavy atom. The molecule has 0 unspecified atom stereocenters. The predicted molar refractivity (Wildman–Crippen MR) is 37.4 cm³/mol. The number of hydrogen-bond acceptors (Lipinski definition) is 2. The zero-order valence-corrected chi connectivity index (χ0v) is 6.20. The van der Waals surface area contributed by atoms with Gasteiger partial charge in [0, 0.05) is 7.11 Å². The van der Waals surface area contributed by atoms with Gasteiger partial charge in [-0.2, -0.15) is 0 Å². The lowest BCUT2D eigenvalue weighted by atomic mass is 10.3. The molecule has 0 aliphatic heterocycles. The molecule has 0 bridgehead atoms. The largest absolute Gasteiger partial charge is 0.382 e. The van der Waals surface area contributed by atoms with Crippen molar-refractivity contribution in [1.82, 2.24) is 0 Å². The summed E-state index contributed by atoms with van der Waals surface area (Å²) in [6, 6.07) is 0. The molecule has 0 aromatic rings. The zero-order chi connectivity index (χ0) is 5.70. The van der Waals surface area contributed by atoms with Gasteiger partial charge < -0.3 is 10.5 Å². The average molecular weight is 140 g/mol.